The quantitative estimate of drug-likeness (QED) is 0.597. The van der Waals surface area contributed by atoms with Gasteiger partial charge in [-0.05, 0) is 48.4 Å². The molecule has 1 unspecified atom stereocenters. The van der Waals surface area contributed by atoms with Crippen molar-refractivity contribution in [2.45, 2.75) is 25.1 Å². The number of nitrogens with zero attached hydrogens (tertiary/aromatic N) is 1. The number of carbonyl (C=O) groups is 1. The van der Waals surface area contributed by atoms with Crippen molar-refractivity contribution in [1.29, 1.82) is 0 Å². The lowest BCUT2D eigenvalue weighted by Gasteiger charge is -2.29. The summed E-state index contributed by atoms with van der Waals surface area (Å²) in [5.41, 5.74) is -1.91. The summed E-state index contributed by atoms with van der Waals surface area (Å²) in [6.07, 6.45) is -4.38. The average molecular weight is 523 g/mol. The number of sulfone groups is 1. The third-order valence-electron chi connectivity index (χ3n) is 5.08. The van der Waals surface area contributed by atoms with Gasteiger partial charge in [-0.2, -0.15) is 13.2 Å². The smallest absolute Gasteiger partial charge is 0.374 e. The molecule has 1 amide bonds. The topological polar surface area (TPSA) is 84.8 Å². The maximum Gasteiger partial charge on any atom is 0.435 e. The minimum atomic E-state index is -4.82. The van der Waals surface area contributed by atoms with Gasteiger partial charge in [0.2, 0.25) is 0 Å². The summed E-state index contributed by atoms with van der Waals surface area (Å²) in [6, 6.07) is 8.00. The first-order valence-electron chi connectivity index (χ1n) is 9.57. The molecule has 1 heterocycles. The van der Waals surface area contributed by atoms with Crippen LogP contribution in [0.15, 0.2) is 41.6 Å². The second-order valence-electron chi connectivity index (χ2n) is 7.70. The van der Waals surface area contributed by atoms with Crippen LogP contribution in [0.5, 0.6) is 0 Å². The number of benzene rings is 2. The zero-order valence-corrected chi connectivity index (χ0v) is 19.8. The summed E-state index contributed by atoms with van der Waals surface area (Å²) in [6.45, 7) is 1.55. The molecule has 1 atom stereocenters. The largest absolute Gasteiger partial charge is 0.435 e. The molecule has 1 N–H and O–H groups in total. The number of halogens is 5. The summed E-state index contributed by atoms with van der Waals surface area (Å²) in [5, 5.41) is 6.26. The van der Waals surface area contributed by atoms with Gasteiger partial charge in [0.1, 0.15) is 9.84 Å². The molecule has 0 aliphatic carbocycles. The fourth-order valence-corrected chi connectivity index (χ4v) is 4.39. The maximum atomic E-state index is 14.1. The van der Waals surface area contributed by atoms with Crippen LogP contribution in [-0.2, 0) is 20.3 Å². The second kappa shape index (κ2) is 9.15. The van der Waals surface area contributed by atoms with Gasteiger partial charge < -0.3 is 10.2 Å². The molecule has 0 fully saturated rings. The molecule has 12 heteroatoms. The Bertz CT molecular complexity index is 1210. The number of hydrogen-bond acceptors (Lipinski definition) is 5. The number of aryl methyl sites for hydroxylation is 1. The molecule has 2 aromatic carbocycles. The first kappa shape index (κ1) is 25.3. The first-order valence-corrected chi connectivity index (χ1v) is 12.4. The Morgan fingerprint density at radius 3 is 2.36 bits per heavy atom. The van der Waals surface area contributed by atoms with Gasteiger partial charge in [0.05, 0.1) is 11.5 Å². The Hall–Kier alpha value is -2.30. The molecule has 6 nitrogen and oxygen atoms in total. The minimum absolute atomic E-state index is 0.0280. The Kier molecular flexibility index (Phi) is 7.02. The highest BCUT2D eigenvalue weighted by Crippen LogP contribution is 2.49. The van der Waals surface area contributed by atoms with Crippen molar-refractivity contribution in [2.75, 3.05) is 18.6 Å². The van der Waals surface area contributed by atoms with E-state index in [9.17, 15) is 26.4 Å². The molecule has 1 aliphatic rings. The van der Waals surface area contributed by atoms with Gasteiger partial charge in [-0.3, -0.25) is 4.79 Å². The van der Waals surface area contributed by atoms with E-state index in [-0.39, 0.29) is 39.2 Å². The zero-order chi connectivity index (χ0) is 24.6. The van der Waals surface area contributed by atoms with Crippen molar-refractivity contribution in [1.82, 2.24) is 5.32 Å². The van der Waals surface area contributed by atoms with Crippen LogP contribution in [0.1, 0.15) is 33.5 Å². The normalized spacial score (nSPS) is 18.6. The van der Waals surface area contributed by atoms with Crippen LogP contribution >= 0.6 is 23.2 Å². The molecule has 178 valence electrons. The van der Waals surface area contributed by atoms with E-state index in [0.717, 1.165) is 18.4 Å². The third-order valence-corrected chi connectivity index (χ3v) is 6.46. The average Bonchev–Trinajstić information content (AvgIpc) is 3.13. The van der Waals surface area contributed by atoms with E-state index in [1.807, 2.05) is 0 Å². The first-order chi connectivity index (χ1) is 15.2. The number of amides is 1. The third kappa shape index (κ3) is 5.62. The lowest BCUT2D eigenvalue weighted by Crippen LogP contribution is -2.42. The van der Waals surface area contributed by atoms with Gasteiger partial charge in [0.15, 0.2) is 0 Å². The van der Waals surface area contributed by atoms with Crippen LogP contribution in [0, 0.1) is 6.92 Å². The van der Waals surface area contributed by atoms with Gasteiger partial charge in [-0.15, -0.1) is 0 Å². The van der Waals surface area contributed by atoms with Crippen molar-refractivity contribution in [2.24, 2.45) is 5.16 Å². The van der Waals surface area contributed by atoms with E-state index in [1.165, 1.54) is 24.3 Å². The van der Waals surface area contributed by atoms with Gasteiger partial charge >= 0.3 is 6.18 Å². The van der Waals surface area contributed by atoms with Crippen LogP contribution < -0.4 is 5.32 Å². The molecule has 2 aromatic rings. The number of carbonyl (C=O) groups excluding carboxylic acids is 1. The highest BCUT2D eigenvalue weighted by Gasteiger charge is 2.62. The number of nitrogens with one attached hydrogen (secondary N) is 1. The van der Waals surface area contributed by atoms with Gasteiger partial charge in [0.25, 0.3) is 11.5 Å². The van der Waals surface area contributed by atoms with E-state index in [1.54, 1.807) is 6.92 Å². The molecule has 33 heavy (non-hydrogen) atoms. The molecule has 0 aromatic heterocycles. The highest BCUT2D eigenvalue weighted by molar-refractivity contribution is 7.90. The standard InChI is InChI=1S/C21H19Cl2F3N2O4S/c1-12-7-13(3-4-17(12)19(29)27-5-6-33(2,30)31)18-11-20(32-28-18,21(24,25)26)14-8-15(22)10-16(23)9-14/h3-4,7-10H,5-6,11H2,1-2H3,(H,27,29). The van der Waals surface area contributed by atoms with Gasteiger partial charge in [-0.1, -0.05) is 34.4 Å². The monoisotopic (exact) mass is 522 g/mol. The number of oxime groups is 1. The van der Waals surface area contributed by atoms with Gasteiger partial charge in [-0.25, -0.2) is 8.42 Å². The predicted octanol–water partition coefficient (Wildman–Crippen LogP) is 4.66. The van der Waals surface area contributed by atoms with E-state index >= 15 is 0 Å². The molecular formula is C21H19Cl2F3N2O4S. The Labute approximate surface area is 198 Å². The number of rotatable bonds is 6. The van der Waals surface area contributed by atoms with Crippen molar-refractivity contribution in [3.8, 4) is 0 Å². The van der Waals surface area contributed by atoms with Crippen LogP contribution in [0.3, 0.4) is 0 Å². The fourth-order valence-electron chi connectivity index (χ4n) is 3.39. The summed E-state index contributed by atoms with van der Waals surface area (Å²) >= 11 is 11.8. The lowest BCUT2D eigenvalue weighted by molar-refractivity contribution is -0.275. The van der Waals surface area contributed by atoms with E-state index in [0.29, 0.717) is 11.1 Å². The zero-order valence-electron chi connectivity index (χ0n) is 17.5. The Balaban J connectivity index is 1.85. The SMILES string of the molecule is Cc1cc(C2=NOC(c3cc(Cl)cc(Cl)c3)(C(F)(F)F)C2)ccc1C(=O)NCCS(C)(=O)=O. The van der Waals surface area contributed by atoms with Gasteiger partial charge in [0, 0.05) is 40.4 Å². The molecule has 3 rings (SSSR count). The van der Waals surface area contributed by atoms with Crippen molar-refractivity contribution in [3.05, 3.63) is 68.7 Å². The lowest BCUT2D eigenvalue weighted by atomic mass is 9.86. The van der Waals surface area contributed by atoms with Crippen molar-refractivity contribution in [3.63, 3.8) is 0 Å². The van der Waals surface area contributed by atoms with Crippen LogP contribution in [-0.4, -0.2) is 44.8 Å². The van der Waals surface area contributed by atoms with Crippen LogP contribution in [0.4, 0.5) is 13.2 Å². The molecule has 1 aliphatic heterocycles. The molecule has 0 spiro atoms. The van der Waals surface area contributed by atoms with Crippen LogP contribution in [0.2, 0.25) is 10.0 Å². The summed E-state index contributed by atoms with van der Waals surface area (Å²) in [5.74, 6) is -0.706. The van der Waals surface area contributed by atoms with Crippen molar-refractivity contribution >= 4 is 44.7 Å². The van der Waals surface area contributed by atoms with E-state index in [4.69, 9.17) is 28.0 Å². The number of hydrogen-bond donors (Lipinski definition) is 1. The minimum Gasteiger partial charge on any atom is -0.374 e. The molecule has 0 saturated heterocycles. The molecule has 0 saturated carbocycles. The summed E-state index contributed by atoms with van der Waals surface area (Å²) < 4.78 is 64.8. The number of alkyl halides is 3. The maximum absolute atomic E-state index is 14.1. The predicted molar refractivity (Wildman–Crippen MR) is 120 cm³/mol. The van der Waals surface area contributed by atoms with E-state index < -0.39 is 33.9 Å². The molecule has 0 radical (unpaired) electrons. The highest BCUT2D eigenvalue weighted by atomic mass is 35.5. The second-order valence-corrected chi connectivity index (χ2v) is 10.8. The fraction of sp³-hybridized carbons (Fsp3) is 0.333. The summed E-state index contributed by atoms with van der Waals surface area (Å²) in [4.78, 5) is 17.3. The van der Waals surface area contributed by atoms with Crippen molar-refractivity contribution < 1.29 is 31.2 Å². The molecular weight excluding hydrogens is 504 g/mol. The van der Waals surface area contributed by atoms with E-state index in [2.05, 4.69) is 10.5 Å². The Morgan fingerprint density at radius 1 is 1.18 bits per heavy atom. The molecule has 0 bridgehead atoms. The summed E-state index contributed by atoms with van der Waals surface area (Å²) in [7, 11) is -3.23. The van der Waals surface area contributed by atoms with Crippen LogP contribution in [0.25, 0.3) is 0 Å². The Morgan fingerprint density at radius 2 is 1.82 bits per heavy atom.